The fraction of sp³-hybridized carbons (Fsp3) is 0.769. The molecule has 0 heterocycles. The summed E-state index contributed by atoms with van der Waals surface area (Å²) in [6.07, 6.45) is 5.85. The molecule has 0 fully saturated rings. The number of carbonyl (C=O) groups excluding carboxylic acids is 1. The van der Waals surface area contributed by atoms with Crippen molar-refractivity contribution in [3.8, 4) is 0 Å². The zero-order valence-corrected chi connectivity index (χ0v) is 11.4. The summed E-state index contributed by atoms with van der Waals surface area (Å²) in [5, 5.41) is 19.5. The van der Waals surface area contributed by atoms with Gasteiger partial charge in [0.2, 0.25) is 5.91 Å². The van der Waals surface area contributed by atoms with Gasteiger partial charge < -0.3 is 15.5 Å². The molecule has 19 heavy (non-hydrogen) atoms. The highest BCUT2D eigenvalue weighted by molar-refractivity contribution is 5.86. The largest absolute Gasteiger partial charge is 0.481 e. The predicted octanol–water partition coefficient (Wildman–Crippen LogP) is 1.78. The number of rotatable bonds is 11. The number of carboxylic acid groups (broad SMARTS) is 2. The van der Waals surface area contributed by atoms with E-state index in [4.69, 9.17) is 10.2 Å². The van der Waals surface area contributed by atoms with Crippen molar-refractivity contribution in [2.75, 3.05) is 0 Å². The molecule has 0 bridgehead atoms. The highest BCUT2D eigenvalue weighted by Gasteiger charge is 2.22. The molecular formula is C13H23NO5. The lowest BCUT2D eigenvalue weighted by Gasteiger charge is -2.12. The van der Waals surface area contributed by atoms with E-state index >= 15 is 0 Å². The second kappa shape index (κ2) is 10.3. The molecule has 0 spiro atoms. The summed E-state index contributed by atoms with van der Waals surface area (Å²) in [6, 6.07) is -1.34. The van der Waals surface area contributed by atoms with Gasteiger partial charge >= 0.3 is 11.9 Å². The van der Waals surface area contributed by atoms with Crippen LogP contribution < -0.4 is 5.32 Å². The van der Waals surface area contributed by atoms with Crippen molar-refractivity contribution in [3.05, 3.63) is 0 Å². The molecular weight excluding hydrogens is 250 g/mol. The molecule has 0 saturated heterocycles. The second-order valence-electron chi connectivity index (χ2n) is 4.57. The molecule has 0 aliphatic carbocycles. The van der Waals surface area contributed by atoms with E-state index in [-0.39, 0.29) is 6.42 Å². The summed E-state index contributed by atoms with van der Waals surface area (Å²) >= 11 is 0. The Kier molecular flexibility index (Phi) is 9.48. The summed E-state index contributed by atoms with van der Waals surface area (Å²) in [6.45, 7) is 2.13. The van der Waals surface area contributed by atoms with Crippen molar-refractivity contribution in [2.24, 2.45) is 0 Å². The first-order valence-corrected chi connectivity index (χ1v) is 6.71. The van der Waals surface area contributed by atoms with Crippen molar-refractivity contribution in [2.45, 2.75) is 64.3 Å². The maximum Gasteiger partial charge on any atom is 0.326 e. The van der Waals surface area contributed by atoms with Gasteiger partial charge in [-0.2, -0.15) is 0 Å². The van der Waals surface area contributed by atoms with Crippen molar-refractivity contribution in [3.63, 3.8) is 0 Å². The van der Waals surface area contributed by atoms with Gasteiger partial charge in [0.25, 0.3) is 0 Å². The van der Waals surface area contributed by atoms with Crippen LogP contribution in [0.15, 0.2) is 0 Å². The van der Waals surface area contributed by atoms with Gasteiger partial charge in [-0.15, -0.1) is 0 Å². The molecule has 0 saturated carbocycles. The molecule has 1 amide bonds. The molecule has 0 unspecified atom stereocenters. The molecule has 0 rings (SSSR count). The van der Waals surface area contributed by atoms with E-state index in [2.05, 4.69) is 12.2 Å². The van der Waals surface area contributed by atoms with Crippen LogP contribution in [0, 0.1) is 0 Å². The van der Waals surface area contributed by atoms with Crippen molar-refractivity contribution in [1.29, 1.82) is 0 Å². The molecule has 6 nitrogen and oxygen atoms in total. The van der Waals surface area contributed by atoms with Gasteiger partial charge in [0.1, 0.15) is 6.04 Å². The number of carboxylic acids is 2. The van der Waals surface area contributed by atoms with E-state index in [1.807, 2.05) is 0 Å². The minimum absolute atomic E-state index is 0.246. The minimum atomic E-state index is -1.34. The first kappa shape index (κ1) is 17.4. The number of aliphatic carboxylic acids is 2. The Morgan fingerprint density at radius 2 is 1.58 bits per heavy atom. The van der Waals surface area contributed by atoms with Gasteiger partial charge in [-0.3, -0.25) is 9.59 Å². The van der Waals surface area contributed by atoms with E-state index in [0.29, 0.717) is 6.42 Å². The van der Waals surface area contributed by atoms with Gasteiger partial charge in [0.15, 0.2) is 0 Å². The summed E-state index contributed by atoms with van der Waals surface area (Å²) in [5.74, 6) is -2.96. The van der Waals surface area contributed by atoms with Gasteiger partial charge in [-0.25, -0.2) is 4.79 Å². The average molecular weight is 273 g/mol. The van der Waals surface area contributed by atoms with Gasteiger partial charge in [0, 0.05) is 6.42 Å². The number of nitrogens with one attached hydrogen (secondary N) is 1. The van der Waals surface area contributed by atoms with Crippen LogP contribution in [0.3, 0.4) is 0 Å². The van der Waals surface area contributed by atoms with Gasteiger partial charge in [0.05, 0.1) is 6.42 Å². The quantitative estimate of drug-likeness (QED) is 0.498. The molecule has 6 heteroatoms. The number of unbranched alkanes of at least 4 members (excludes halogenated alkanes) is 5. The highest BCUT2D eigenvalue weighted by atomic mass is 16.4. The zero-order chi connectivity index (χ0) is 14.7. The third kappa shape index (κ3) is 10.1. The Morgan fingerprint density at radius 3 is 2.11 bits per heavy atom. The molecule has 0 aliphatic heterocycles. The Balaban J connectivity index is 3.81. The summed E-state index contributed by atoms with van der Waals surface area (Å²) < 4.78 is 0. The summed E-state index contributed by atoms with van der Waals surface area (Å²) in [5.41, 5.74) is 0. The summed E-state index contributed by atoms with van der Waals surface area (Å²) in [4.78, 5) is 32.6. The van der Waals surface area contributed by atoms with E-state index < -0.39 is 30.3 Å². The lowest BCUT2D eigenvalue weighted by atomic mass is 10.1. The Morgan fingerprint density at radius 1 is 1.00 bits per heavy atom. The van der Waals surface area contributed by atoms with Gasteiger partial charge in [-0.05, 0) is 6.42 Å². The number of hydrogen-bond acceptors (Lipinski definition) is 3. The van der Waals surface area contributed by atoms with Crippen molar-refractivity contribution >= 4 is 17.8 Å². The van der Waals surface area contributed by atoms with Crippen molar-refractivity contribution in [1.82, 2.24) is 5.32 Å². The van der Waals surface area contributed by atoms with Crippen LogP contribution in [0.2, 0.25) is 0 Å². The van der Waals surface area contributed by atoms with Crippen LogP contribution in [0.1, 0.15) is 58.3 Å². The lowest BCUT2D eigenvalue weighted by Crippen LogP contribution is -2.42. The fourth-order valence-electron chi connectivity index (χ4n) is 1.71. The zero-order valence-electron chi connectivity index (χ0n) is 11.4. The van der Waals surface area contributed by atoms with Crippen molar-refractivity contribution < 1.29 is 24.6 Å². The van der Waals surface area contributed by atoms with E-state index in [1.54, 1.807) is 0 Å². The molecule has 110 valence electrons. The molecule has 3 N–H and O–H groups in total. The maximum atomic E-state index is 11.5. The third-order valence-electron chi connectivity index (χ3n) is 2.77. The number of carbonyl (C=O) groups is 3. The van der Waals surface area contributed by atoms with Gasteiger partial charge in [-0.1, -0.05) is 39.0 Å². The smallest absolute Gasteiger partial charge is 0.326 e. The van der Waals surface area contributed by atoms with Crippen LogP contribution in [-0.2, 0) is 14.4 Å². The second-order valence-corrected chi connectivity index (χ2v) is 4.57. The van der Waals surface area contributed by atoms with E-state index in [9.17, 15) is 14.4 Å². The normalized spacial score (nSPS) is 11.8. The van der Waals surface area contributed by atoms with Crippen LogP contribution >= 0.6 is 0 Å². The monoisotopic (exact) mass is 273 g/mol. The first-order valence-electron chi connectivity index (χ1n) is 6.71. The molecule has 0 aliphatic rings. The summed E-state index contributed by atoms with van der Waals surface area (Å²) in [7, 11) is 0. The number of amides is 1. The predicted molar refractivity (Wildman–Crippen MR) is 69.8 cm³/mol. The van der Waals surface area contributed by atoms with Crippen LogP contribution in [0.5, 0.6) is 0 Å². The SMILES string of the molecule is CCCCCCCCC(=O)N[C@H](CC(=O)O)C(=O)O. The standard InChI is InChI=1S/C13H23NO5/c1-2-3-4-5-6-7-8-11(15)14-10(13(18)19)9-12(16)17/h10H,2-9H2,1H3,(H,14,15)(H,16,17)(H,18,19)/t10-/m1/s1. The first-order chi connectivity index (χ1) is 8.97. The Bertz CT molecular complexity index is 303. The minimum Gasteiger partial charge on any atom is -0.481 e. The highest BCUT2D eigenvalue weighted by Crippen LogP contribution is 2.07. The van der Waals surface area contributed by atoms with Crippen LogP contribution in [-0.4, -0.2) is 34.1 Å². The molecule has 0 aromatic heterocycles. The fourth-order valence-corrected chi connectivity index (χ4v) is 1.71. The van der Waals surface area contributed by atoms with Crippen LogP contribution in [0.25, 0.3) is 0 Å². The Labute approximate surface area is 113 Å². The van der Waals surface area contributed by atoms with E-state index in [1.165, 1.54) is 6.42 Å². The lowest BCUT2D eigenvalue weighted by molar-refractivity contribution is -0.147. The maximum absolute atomic E-state index is 11.5. The molecule has 1 atom stereocenters. The molecule has 0 radical (unpaired) electrons. The molecule has 0 aromatic carbocycles. The average Bonchev–Trinajstić information content (AvgIpc) is 2.32. The molecule has 0 aromatic rings. The third-order valence-corrected chi connectivity index (χ3v) is 2.77. The number of hydrogen-bond donors (Lipinski definition) is 3. The van der Waals surface area contributed by atoms with Crippen LogP contribution in [0.4, 0.5) is 0 Å². The van der Waals surface area contributed by atoms with E-state index in [0.717, 1.165) is 25.7 Å². The topological polar surface area (TPSA) is 104 Å². The Hall–Kier alpha value is -1.59.